The zero-order valence-electron chi connectivity index (χ0n) is 10.4. The first-order chi connectivity index (χ1) is 9.06. The first kappa shape index (κ1) is 13.2. The lowest BCUT2D eigenvalue weighted by Crippen LogP contribution is -2.04. The molecule has 0 spiro atoms. The number of hydrogen-bond acceptors (Lipinski definition) is 3. The largest absolute Gasteiger partial charge is 0.366 e. The van der Waals surface area contributed by atoms with Crippen molar-refractivity contribution in [3.63, 3.8) is 0 Å². The molecule has 0 atom stereocenters. The van der Waals surface area contributed by atoms with Crippen molar-refractivity contribution >= 4 is 29.1 Å². The van der Waals surface area contributed by atoms with Gasteiger partial charge in [0.15, 0.2) is 5.78 Å². The van der Waals surface area contributed by atoms with Crippen LogP contribution in [0.5, 0.6) is 0 Å². The van der Waals surface area contributed by atoms with Gasteiger partial charge in [-0.25, -0.2) is 0 Å². The number of carbonyl (C=O) groups is 2. The van der Waals surface area contributed by atoms with Gasteiger partial charge in [0, 0.05) is 21.4 Å². The van der Waals surface area contributed by atoms with Gasteiger partial charge >= 0.3 is 0 Å². The molecule has 0 saturated carbocycles. The highest BCUT2D eigenvalue weighted by atomic mass is 32.1. The molecule has 2 rings (SSSR count). The summed E-state index contributed by atoms with van der Waals surface area (Å²) in [6.45, 7) is 1.55. The predicted octanol–water partition coefficient (Wildman–Crippen LogP) is 3.12. The van der Waals surface area contributed by atoms with Crippen molar-refractivity contribution in [2.75, 3.05) is 0 Å². The third-order valence-electron chi connectivity index (χ3n) is 2.61. The van der Waals surface area contributed by atoms with Crippen molar-refractivity contribution in [2.24, 2.45) is 5.73 Å². The molecular formula is C15H13NO2S. The van der Waals surface area contributed by atoms with E-state index in [0.29, 0.717) is 5.56 Å². The average molecular weight is 271 g/mol. The summed E-state index contributed by atoms with van der Waals surface area (Å²) in [5.41, 5.74) is 6.80. The SMILES string of the molecule is CC(=O)c1ccc(-c2ccc(/C=C\C(N)=O)s2)cc1. The third-order valence-corrected chi connectivity index (χ3v) is 3.71. The molecule has 19 heavy (non-hydrogen) atoms. The van der Waals surface area contributed by atoms with E-state index in [1.165, 1.54) is 6.08 Å². The van der Waals surface area contributed by atoms with Crippen LogP contribution in [0, 0.1) is 0 Å². The van der Waals surface area contributed by atoms with E-state index >= 15 is 0 Å². The molecule has 1 heterocycles. The van der Waals surface area contributed by atoms with Gasteiger partial charge in [-0.1, -0.05) is 24.3 Å². The number of ketones is 1. The zero-order valence-corrected chi connectivity index (χ0v) is 11.2. The molecule has 0 saturated heterocycles. The molecule has 1 aromatic heterocycles. The average Bonchev–Trinajstić information content (AvgIpc) is 2.85. The van der Waals surface area contributed by atoms with E-state index in [2.05, 4.69) is 0 Å². The number of nitrogens with two attached hydrogens (primary N) is 1. The molecule has 0 radical (unpaired) electrons. The van der Waals surface area contributed by atoms with E-state index in [1.807, 2.05) is 36.4 Å². The van der Waals surface area contributed by atoms with Crippen LogP contribution in [0.15, 0.2) is 42.5 Å². The summed E-state index contributed by atoms with van der Waals surface area (Å²) < 4.78 is 0. The fourth-order valence-electron chi connectivity index (χ4n) is 1.63. The number of benzene rings is 1. The highest BCUT2D eigenvalue weighted by Gasteiger charge is 2.03. The van der Waals surface area contributed by atoms with Crippen LogP contribution in [0.1, 0.15) is 22.2 Å². The number of thiophene rings is 1. The maximum absolute atomic E-state index is 11.2. The van der Waals surface area contributed by atoms with Crippen LogP contribution in [0.25, 0.3) is 16.5 Å². The number of carbonyl (C=O) groups excluding carboxylic acids is 2. The van der Waals surface area contributed by atoms with Crippen molar-refractivity contribution in [3.8, 4) is 10.4 Å². The third kappa shape index (κ3) is 3.39. The topological polar surface area (TPSA) is 60.2 Å². The second-order valence-electron chi connectivity index (χ2n) is 4.07. The second-order valence-corrected chi connectivity index (χ2v) is 5.19. The van der Waals surface area contributed by atoms with Gasteiger partial charge in [-0.3, -0.25) is 9.59 Å². The van der Waals surface area contributed by atoms with Crippen LogP contribution in [-0.2, 0) is 4.79 Å². The second kappa shape index (κ2) is 5.63. The minimum atomic E-state index is -0.458. The Balaban J connectivity index is 2.23. The van der Waals surface area contributed by atoms with E-state index in [9.17, 15) is 9.59 Å². The van der Waals surface area contributed by atoms with E-state index in [4.69, 9.17) is 5.73 Å². The van der Waals surface area contributed by atoms with Gasteiger partial charge in [-0.05, 0) is 30.7 Å². The van der Waals surface area contributed by atoms with Crippen LogP contribution in [0.4, 0.5) is 0 Å². The lowest BCUT2D eigenvalue weighted by atomic mass is 10.1. The molecule has 1 amide bonds. The molecule has 96 valence electrons. The number of primary amides is 1. The van der Waals surface area contributed by atoms with Gasteiger partial charge in [0.2, 0.25) is 5.91 Å². The maximum atomic E-state index is 11.2. The molecule has 0 aliphatic rings. The van der Waals surface area contributed by atoms with E-state index in [0.717, 1.165) is 15.3 Å². The minimum Gasteiger partial charge on any atom is -0.366 e. The van der Waals surface area contributed by atoms with Crippen molar-refractivity contribution in [3.05, 3.63) is 52.9 Å². The Labute approximate surface area is 115 Å². The first-order valence-corrected chi connectivity index (χ1v) is 6.56. The van der Waals surface area contributed by atoms with E-state index in [-0.39, 0.29) is 5.78 Å². The molecule has 0 fully saturated rings. The molecule has 2 aromatic rings. The Morgan fingerprint density at radius 3 is 2.37 bits per heavy atom. The molecular weight excluding hydrogens is 258 g/mol. The smallest absolute Gasteiger partial charge is 0.241 e. The summed E-state index contributed by atoms with van der Waals surface area (Å²) in [5, 5.41) is 0. The van der Waals surface area contributed by atoms with Gasteiger partial charge in [0.05, 0.1) is 0 Å². The molecule has 4 heteroatoms. The quantitative estimate of drug-likeness (QED) is 0.686. The fourth-order valence-corrected chi connectivity index (χ4v) is 2.55. The van der Waals surface area contributed by atoms with Crippen molar-refractivity contribution in [1.29, 1.82) is 0 Å². The van der Waals surface area contributed by atoms with Crippen molar-refractivity contribution in [1.82, 2.24) is 0 Å². The number of amides is 1. The Kier molecular flexibility index (Phi) is 3.92. The number of Topliss-reactive ketones (excluding diaryl/α,β-unsaturated/α-hetero) is 1. The van der Waals surface area contributed by atoms with Crippen LogP contribution in [-0.4, -0.2) is 11.7 Å². The maximum Gasteiger partial charge on any atom is 0.241 e. The van der Waals surface area contributed by atoms with Gasteiger partial charge in [-0.15, -0.1) is 11.3 Å². The molecule has 1 aromatic carbocycles. The monoisotopic (exact) mass is 271 g/mol. The van der Waals surface area contributed by atoms with Crippen LogP contribution in [0.2, 0.25) is 0 Å². The van der Waals surface area contributed by atoms with Crippen molar-refractivity contribution in [2.45, 2.75) is 6.92 Å². The lowest BCUT2D eigenvalue weighted by molar-refractivity contribution is -0.113. The standard InChI is InChI=1S/C15H13NO2S/c1-10(17)11-2-4-12(5-3-11)14-8-6-13(19-14)7-9-15(16)18/h2-9H,1H3,(H2,16,18)/b9-7-. The summed E-state index contributed by atoms with van der Waals surface area (Å²) in [7, 11) is 0. The molecule has 0 aliphatic heterocycles. The number of rotatable bonds is 4. The number of hydrogen-bond donors (Lipinski definition) is 1. The van der Waals surface area contributed by atoms with Crippen LogP contribution < -0.4 is 5.73 Å². The summed E-state index contributed by atoms with van der Waals surface area (Å²) in [4.78, 5) is 23.9. The normalized spacial score (nSPS) is 10.8. The van der Waals surface area contributed by atoms with Gasteiger partial charge < -0.3 is 5.73 Å². The van der Waals surface area contributed by atoms with Gasteiger partial charge in [0.1, 0.15) is 0 Å². The van der Waals surface area contributed by atoms with E-state index < -0.39 is 5.91 Å². The molecule has 0 unspecified atom stereocenters. The Bertz CT molecular complexity index is 638. The summed E-state index contributed by atoms with van der Waals surface area (Å²) in [6.07, 6.45) is 3.04. The lowest BCUT2D eigenvalue weighted by Gasteiger charge is -1.99. The Morgan fingerprint density at radius 2 is 1.79 bits per heavy atom. The Morgan fingerprint density at radius 1 is 1.11 bits per heavy atom. The molecule has 0 aliphatic carbocycles. The summed E-state index contributed by atoms with van der Waals surface area (Å²) in [5.74, 6) is -0.399. The van der Waals surface area contributed by atoms with Gasteiger partial charge in [0.25, 0.3) is 0 Å². The van der Waals surface area contributed by atoms with Crippen LogP contribution in [0.3, 0.4) is 0 Å². The zero-order chi connectivity index (χ0) is 13.8. The highest BCUT2D eigenvalue weighted by Crippen LogP contribution is 2.29. The Hall–Kier alpha value is -2.20. The first-order valence-electron chi connectivity index (χ1n) is 5.75. The highest BCUT2D eigenvalue weighted by molar-refractivity contribution is 7.16. The van der Waals surface area contributed by atoms with Crippen molar-refractivity contribution < 1.29 is 9.59 Å². The minimum absolute atomic E-state index is 0.0582. The fraction of sp³-hybridized carbons (Fsp3) is 0.0667. The summed E-state index contributed by atoms with van der Waals surface area (Å²) in [6, 6.07) is 11.4. The van der Waals surface area contributed by atoms with Gasteiger partial charge in [-0.2, -0.15) is 0 Å². The summed E-state index contributed by atoms with van der Waals surface area (Å²) >= 11 is 1.56. The van der Waals surface area contributed by atoms with Crippen LogP contribution >= 0.6 is 11.3 Å². The van der Waals surface area contributed by atoms with E-state index in [1.54, 1.807) is 24.3 Å². The molecule has 3 nitrogen and oxygen atoms in total. The molecule has 0 bridgehead atoms. The predicted molar refractivity (Wildman–Crippen MR) is 78.0 cm³/mol. The molecule has 2 N–H and O–H groups in total.